The number of anilines is 2. The lowest BCUT2D eigenvalue weighted by Crippen LogP contribution is -2.22. The Morgan fingerprint density at radius 1 is 0.941 bits per heavy atom. The van der Waals surface area contributed by atoms with Gasteiger partial charge in [0.2, 0.25) is 5.91 Å². The summed E-state index contributed by atoms with van der Waals surface area (Å²) >= 11 is 2.84. The summed E-state index contributed by atoms with van der Waals surface area (Å²) in [6.07, 6.45) is 0. The van der Waals surface area contributed by atoms with E-state index in [9.17, 15) is 13.2 Å². The Kier molecular flexibility index (Phi) is 7.35. The van der Waals surface area contributed by atoms with Crippen LogP contribution in [0.25, 0.3) is 11.3 Å². The highest BCUT2D eigenvalue weighted by Gasteiger charge is 2.18. The Bertz CT molecular complexity index is 1370. The molecule has 1 aromatic heterocycles. The fourth-order valence-electron chi connectivity index (χ4n) is 3.19. The van der Waals surface area contributed by atoms with Crippen molar-refractivity contribution < 1.29 is 13.2 Å². The standard InChI is InChI=1S/C25H23N3O3S3/c1-17-23(19-9-5-3-6-10-19)26-25(33-17)27-24(29)18(2)32-21-15-13-20(14-16-21)28-34(30,31)22-11-7-4-8-12-22/h3-16,18,28H,1-2H3,(H,26,27,29). The van der Waals surface area contributed by atoms with Crippen LogP contribution in [0.2, 0.25) is 0 Å². The summed E-state index contributed by atoms with van der Waals surface area (Å²) < 4.78 is 27.5. The van der Waals surface area contributed by atoms with Gasteiger partial charge in [-0.2, -0.15) is 0 Å². The van der Waals surface area contributed by atoms with Crippen molar-refractivity contribution >= 4 is 49.8 Å². The van der Waals surface area contributed by atoms with Gasteiger partial charge in [0, 0.05) is 21.0 Å². The Morgan fingerprint density at radius 3 is 2.21 bits per heavy atom. The highest BCUT2D eigenvalue weighted by atomic mass is 32.2. The number of rotatable bonds is 8. The monoisotopic (exact) mass is 509 g/mol. The number of amides is 1. The molecule has 0 aliphatic heterocycles. The first-order chi connectivity index (χ1) is 16.3. The molecule has 0 aliphatic carbocycles. The van der Waals surface area contributed by atoms with Gasteiger partial charge in [0.15, 0.2) is 5.13 Å². The largest absolute Gasteiger partial charge is 0.301 e. The molecule has 1 unspecified atom stereocenters. The second-order valence-electron chi connectivity index (χ2n) is 7.48. The van der Waals surface area contributed by atoms with Gasteiger partial charge in [0.05, 0.1) is 15.8 Å². The van der Waals surface area contributed by atoms with Gasteiger partial charge in [0.25, 0.3) is 10.0 Å². The fraction of sp³-hybridized carbons (Fsp3) is 0.120. The molecule has 34 heavy (non-hydrogen) atoms. The van der Waals surface area contributed by atoms with E-state index >= 15 is 0 Å². The highest BCUT2D eigenvalue weighted by molar-refractivity contribution is 8.00. The molecule has 9 heteroatoms. The van der Waals surface area contributed by atoms with Crippen molar-refractivity contribution in [2.45, 2.75) is 28.9 Å². The number of carbonyl (C=O) groups excluding carboxylic acids is 1. The summed E-state index contributed by atoms with van der Waals surface area (Å²) in [4.78, 5) is 19.4. The number of nitrogens with zero attached hydrogens (tertiary/aromatic N) is 1. The fourth-order valence-corrected chi connectivity index (χ4v) is 5.98. The van der Waals surface area contributed by atoms with Crippen LogP contribution in [0.15, 0.2) is 94.7 Å². The maximum Gasteiger partial charge on any atom is 0.261 e. The average molecular weight is 510 g/mol. The van der Waals surface area contributed by atoms with E-state index < -0.39 is 10.0 Å². The maximum atomic E-state index is 12.7. The van der Waals surface area contributed by atoms with Crippen LogP contribution in [0.4, 0.5) is 10.8 Å². The molecule has 0 spiro atoms. The molecule has 0 radical (unpaired) electrons. The van der Waals surface area contributed by atoms with Gasteiger partial charge < -0.3 is 5.32 Å². The minimum absolute atomic E-state index is 0.146. The number of aryl methyl sites for hydroxylation is 1. The summed E-state index contributed by atoms with van der Waals surface area (Å²) in [5, 5.41) is 3.11. The lowest BCUT2D eigenvalue weighted by molar-refractivity contribution is -0.115. The van der Waals surface area contributed by atoms with Crippen LogP contribution in [0.3, 0.4) is 0 Å². The van der Waals surface area contributed by atoms with Crippen LogP contribution in [-0.2, 0) is 14.8 Å². The molecule has 0 fully saturated rings. The molecule has 2 N–H and O–H groups in total. The Hall–Kier alpha value is -3.14. The van der Waals surface area contributed by atoms with Crippen molar-refractivity contribution in [1.82, 2.24) is 4.98 Å². The Balaban J connectivity index is 1.36. The minimum atomic E-state index is -3.65. The smallest absolute Gasteiger partial charge is 0.261 e. The van der Waals surface area contributed by atoms with Crippen LogP contribution in [-0.4, -0.2) is 24.6 Å². The number of hydrogen-bond donors (Lipinski definition) is 2. The van der Waals surface area contributed by atoms with Gasteiger partial charge in [-0.25, -0.2) is 13.4 Å². The molecule has 0 saturated carbocycles. The quantitative estimate of drug-likeness (QED) is 0.283. The van der Waals surface area contributed by atoms with Gasteiger partial charge in [0.1, 0.15) is 0 Å². The normalized spacial score (nSPS) is 12.2. The van der Waals surface area contributed by atoms with Crippen LogP contribution < -0.4 is 10.0 Å². The van der Waals surface area contributed by atoms with Crippen LogP contribution in [0.1, 0.15) is 11.8 Å². The van der Waals surface area contributed by atoms with Crippen molar-refractivity contribution in [2.24, 2.45) is 0 Å². The van der Waals surface area contributed by atoms with Crippen LogP contribution in [0, 0.1) is 6.92 Å². The molecule has 0 saturated heterocycles. The first kappa shape index (κ1) is 24.0. The number of sulfonamides is 1. The van der Waals surface area contributed by atoms with E-state index in [4.69, 9.17) is 0 Å². The number of nitrogens with one attached hydrogen (secondary N) is 2. The topological polar surface area (TPSA) is 88.2 Å². The maximum absolute atomic E-state index is 12.7. The third kappa shape index (κ3) is 5.85. The molecule has 0 aliphatic rings. The molecule has 6 nitrogen and oxygen atoms in total. The molecular weight excluding hydrogens is 486 g/mol. The summed E-state index contributed by atoms with van der Waals surface area (Å²) in [6.45, 7) is 3.81. The van der Waals surface area contributed by atoms with Crippen molar-refractivity contribution in [3.05, 3.63) is 89.8 Å². The first-order valence-electron chi connectivity index (χ1n) is 10.5. The molecule has 4 aromatic rings. The minimum Gasteiger partial charge on any atom is -0.301 e. The zero-order valence-corrected chi connectivity index (χ0v) is 21.0. The van der Waals surface area contributed by atoms with E-state index in [0.29, 0.717) is 10.8 Å². The lowest BCUT2D eigenvalue weighted by Gasteiger charge is -2.12. The second kappa shape index (κ2) is 10.4. The number of hydrogen-bond acceptors (Lipinski definition) is 6. The van der Waals surface area contributed by atoms with Crippen molar-refractivity contribution in [1.29, 1.82) is 0 Å². The molecule has 1 heterocycles. The number of thioether (sulfide) groups is 1. The van der Waals surface area contributed by atoms with Crippen molar-refractivity contribution in [3.8, 4) is 11.3 Å². The molecule has 4 rings (SSSR count). The molecular formula is C25H23N3O3S3. The van der Waals surface area contributed by atoms with E-state index in [1.165, 1.54) is 23.1 Å². The molecule has 174 valence electrons. The lowest BCUT2D eigenvalue weighted by atomic mass is 10.1. The SMILES string of the molecule is Cc1sc(NC(=O)C(C)Sc2ccc(NS(=O)(=O)c3ccccc3)cc2)nc1-c1ccccc1. The van der Waals surface area contributed by atoms with Gasteiger partial charge in [-0.05, 0) is 50.2 Å². The number of carbonyl (C=O) groups is 1. The summed E-state index contributed by atoms with van der Waals surface area (Å²) in [7, 11) is -3.65. The average Bonchev–Trinajstić information content (AvgIpc) is 3.21. The van der Waals surface area contributed by atoms with Crippen LogP contribution >= 0.6 is 23.1 Å². The summed E-state index contributed by atoms with van der Waals surface area (Å²) in [5.41, 5.74) is 2.34. The van der Waals surface area contributed by atoms with Gasteiger partial charge in [-0.15, -0.1) is 23.1 Å². The Morgan fingerprint density at radius 2 is 1.56 bits per heavy atom. The van der Waals surface area contributed by atoms with E-state index in [1.54, 1.807) is 54.6 Å². The third-order valence-electron chi connectivity index (χ3n) is 4.92. The molecule has 1 atom stereocenters. The summed E-state index contributed by atoms with van der Waals surface area (Å²) in [6, 6.07) is 25.0. The molecule has 3 aromatic carbocycles. The van der Waals surface area contributed by atoms with Gasteiger partial charge in [-0.3, -0.25) is 9.52 Å². The zero-order valence-electron chi connectivity index (χ0n) is 18.6. The molecule has 1 amide bonds. The predicted molar refractivity (Wildman–Crippen MR) is 140 cm³/mol. The highest BCUT2D eigenvalue weighted by Crippen LogP contribution is 2.31. The third-order valence-corrected chi connectivity index (χ3v) is 8.31. The van der Waals surface area contributed by atoms with E-state index in [1.807, 2.05) is 44.2 Å². The van der Waals surface area contributed by atoms with E-state index in [-0.39, 0.29) is 16.1 Å². The predicted octanol–water partition coefficient (Wildman–Crippen LogP) is 6.04. The summed E-state index contributed by atoms with van der Waals surface area (Å²) in [5.74, 6) is -0.146. The van der Waals surface area contributed by atoms with Gasteiger partial charge >= 0.3 is 0 Å². The van der Waals surface area contributed by atoms with E-state index in [2.05, 4.69) is 15.0 Å². The number of benzene rings is 3. The van der Waals surface area contributed by atoms with E-state index in [0.717, 1.165) is 21.0 Å². The van der Waals surface area contributed by atoms with Gasteiger partial charge in [-0.1, -0.05) is 48.5 Å². The van der Waals surface area contributed by atoms with Crippen molar-refractivity contribution in [3.63, 3.8) is 0 Å². The molecule has 0 bridgehead atoms. The number of aromatic nitrogens is 1. The van der Waals surface area contributed by atoms with Crippen LogP contribution in [0.5, 0.6) is 0 Å². The Labute approximate surface area is 207 Å². The number of thiazole rings is 1. The first-order valence-corrected chi connectivity index (χ1v) is 13.7. The zero-order chi connectivity index (χ0) is 24.1. The van der Waals surface area contributed by atoms with Crippen molar-refractivity contribution in [2.75, 3.05) is 10.0 Å². The second-order valence-corrected chi connectivity index (χ2v) is 11.8.